The van der Waals surface area contributed by atoms with E-state index in [1.165, 1.54) is 6.07 Å². The molecule has 2 aromatic rings. The summed E-state index contributed by atoms with van der Waals surface area (Å²) in [7, 11) is 0. The van der Waals surface area contributed by atoms with Gasteiger partial charge in [-0.05, 0) is 38.5 Å². The molecule has 0 aliphatic rings. The fourth-order valence-corrected chi connectivity index (χ4v) is 1.67. The van der Waals surface area contributed by atoms with Gasteiger partial charge < -0.3 is 10.4 Å². The van der Waals surface area contributed by atoms with Crippen molar-refractivity contribution in [3.63, 3.8) is 0 Å². The molecule has 1 amide bonds. The van der Waals surface area contributed by atoms with Crippen molar-refractivity contribution in [1.82, 2.24) is 10.2 Å². The van der Waals surface area contributed by atoms with Crippen LogP contribution in [-0.2, 0) is 0 Å². The highest BCUT2D eigenvalue weighted by molar-refractivity contribution is 6.05. The molecule has 0 unspecified atom stereocenters. The highest BCUT2D eigenvalue weighted by Crippen LogP contribution is 2.20. The van der Waals surface area contributed by atoms with E-state index in [2.05, 4.69) is 15.5 Å². The van der Waals surface area contributed by atoms with Crippen molar-refractivity contribution in [3.8, 4) is 5.75 Å². The Kier molecular flexibility index (Phi) is 3.06. The highest BCUT2D eigenvalue weighted by atomic mass is 16.3. The molecule has 0 aliphatic carbocycles. The second kappa shape index (κ2) is 4.52. The van der Waals surface area contributed by atoms with Crippen molar-refractivity contribution in [1.29, 1.82) is 0 Å². The van der Waals surface area contributed by atoms with Crippen molar-refractivity contribution < 1.29 is 9.90 Å². The van der Waals surface area contributed by atoms with Gasteiger partial charge in [-0.2, -0.15) is 5.10 Å². The van der Waals surface area contributed by atoms with E-state index in [9.17, 15) is 9.90 Å². The number of anilines is 1. The van der Waals surface area contributed by atoms with Gasteiger partial charge in [0, 0.05) is 5.56 Å². The molecule has 0 radical (unpaired) electrons. The van der Waals surface area contributed by atoms with Gasteiger partial charge in [0.15, 0.2) is 0 Å². The first-order chi connectivity index (χ1) is 8.49. The summed E-state index contributed by atoms with van der Waals surface area (Å²) in [5.41, 5.74) is 3.37. The Bertz CT molecular complexity index is 583. The number of hydrogen-bond donors (Lipinski definition) is 3. The molecule has 1 aromatic heterocycles. The molecule has 0 aliphatic heterocycles. The number of amides is 1. The molecule has 3 N–H and O–H groups in total. The summed E-state index contributed by atoms with van der Waals surface area (Å²) in [5, 5.41) is 19.2. The number of nitrogens with one attached hydrogen (secondary N) is 2. The Morgan fingerprint density at radius 3 is 2.61 bits per heavy atom. The SMILES string of the molecule is Cc1ccc(C(=O)Nc2c(C)n[nH]c2C)cc1O. The van der Waals surface area contributed by atoms with E-state index in [0.717, 1.165) is 17.0 Å². The summed E-state index contributed by atoms with van der Waals surface area (Å²) in [4.78, 5) is 12.0. The van der Waals surface area contributed by atoms with Crippen LogP contribution in [-0.4, -0.2) is 21.2 Å². The number of rotatable bonds is 2. The van der Waals surface area contributed by atoms with E-state index >= 15 is 0 Å². The van der Waals surface area contributed by atoms with Crippen LogP contribution in [0.15, 0.2) is 18.2 Å². The van der Waals surface area contributed by atoms with Crippen LogP contribution in [0.2, 0.25) is 0 Å². The number of phenols is 1. The fourth-order valence-electron chi connectivity index (χ4n) is 1.67. The molecule has 2 rings (SSSR count). The Balaban J connectivity index is 2.25. The first-order valence-corrected chi connectivity index (χ1v) is 5.61. The Hall–Kier alpha value is -2.30. The third-order valence-corrected chi connectivity index (χ3v) is 2.84. The Labute approximate surface area is 105 Å². The molecule has 1 aromatic carbocycles. The average molecular weight is 245 g/mol. The van der Waals surface area contributed by atoms with Crippen LogP contribution >= 0.6 is 0 Å². The molecule has 0 saturated heterocycles. The maximum absolute atomic E-state index is 12.0. The molecule has 0 atom stereocenters. The van der Waals surface area contributed by atoms with Crippen LogP contribution in [0.4, 0.5) is 5.69 Å². The first kappa shape index (κ1) is 12.2. The topological polar surface area (TPSA) is 78.0 Å². The molecular formula is C13H15N3O2. The maximum atomic E-state index is 12.0. The van der Waals surface area contributed by atoms with E-state index in [1.807, 2.05) is 13.8 Å². The van der Waals surface area contributed by atoms with Crippen LogP contribution in [0.1, 0.15) is 27.3 Å². The third-order valence-electron chi connectivity index (χ3n) is 2.84. The predicted molar refractivity (Wildman–Crippen MR) is 68.9 cm³/mol. The molecule has 94 valence electrons. The van der Waals surface area contributed by atoms with Crippen LogP contribution in [0.3, 0.4) is 0 Å². The van der Waals surface area contributed by atoms with E-state index in [4.69, 9.17) is 0 Å². The van der Waals surface area contributed by atoms with Crippen LogP contribution in [0, 0.1) is 20.8 Å². The zero-order valence-electron chi connectivity index (χ0n) is 10.5. The summed E-state index contributed by atoms with van der Waals surface area (Å²) in [6.07, 6.45) is 0. The number of hydrogen-bond acceptors (Lipinski definition) is 3. The van der Waals surface area contributed by atoms with Crippen LogP contribution in [0.25, 0.3) is 0 Å². The lowest BCUT2D eigenvalue weighted by atomic mass is 10.1. The third kappa shape index (κ3) is 2.20. The Morgan fingerprint density at radius 1 is 1.33 bits per heavy atom. The zero-order valence-corrected chi connectivity index (χ0v) is 10.5. The molecule has 0 fully saturated rings. The number of benzene rings is 1. The van der Waals surface area contributed by atoms with Crippen molar-refractivity contribution in [3.05, 3.63) is 40.7 Å². The van der Waals surface area contributed by atoms with Gasteiger partial charge in [0.25, 0.3) is 5.91 Å². The second-order valence-electron chi connectivity index (χ2n) is 4.26. The largest absolute Gasteiger partial charge is 0.508 e. The molecule has 0 spiro atoms. The molecule has 0 saturated carbocycles. The normalized spacial score (nSPS) is 10.4. The summed E-state index contributed by atoms with van der Waals surface area (Å²) < 4.78 is 0. The van der Waals surface area contributed by atoms with E-state index < -0.39 is 0 Å². The van der Waals surface area contributed by atoms with Gasteiger partial charge in [0.05, 0.1) is 17.1 Å². The monoisotopic (exact) mass is 245 g/mol. The first-order valence-electron chi connectivity index (χ1n) is 5.61. The second-order valence-corrected chi connectivity index (χ2v) is 4.26. The average Bonchev–Trinajstić information content (AvgIpc) is 2.64. The molecule has 18 heavy (non-hydrogen) atoms. The lowest BCUT2D eigenvalue weighted by molar-refractivity contribution is 0.102. The number of phenolic OH excluding ortho intramolecular Hbond substituents is 1. The summed E-state index contributed by atoms with van der Waals surface area (Å²) in [5.74, 6) is -0.152. The number of nitrogens with zero attached hydrogens (tertiary/aromatic N) is 1. The molecule has 1 heterocycles. The minimum Gasteiger partial charge on any atom is -0.508 e. The molecule has 5 nitrogen and oxygen atoms in total. The van der Waals surface area contributed by atoms with Crippen LogP contribution < -0.4 is 5.32 Å². The van der Waals surface area contributed by atoms with Gasteiger partial charge in [-0.3, -0.25) is 9.89 Å². The number of H-pyrrole nitrogens is 1. The van der Waals surface area contributed by atoms with E-state index in [-0.39, 0.29) is 11.7 Å². The summed E-state index contributed by atoms with van der Waals surface area (Å²) in [6.45, 7) is 5.43. The molecule has 0 bridgehead atoms. The molecular weight excluding hydrogens is 230 g/mol. The Morgan fingerprint density at radius 2 is 2.06 bits per heavy atom. The van der Waals surface area contributed by atoms with Crippen molar-refractivity contribution in [2.75, 3.05) is 5.32 Å². The quantitative estimate of drug-likeness (QED) is 0.759. The lowest BCUT2D eigenvalue weighted by Crippen LogP contribution is -2.12. The van der Waals surface area contributed by atoms with Gasteiger partial charge in [-0.1, -0.05) is 6.07 Å². The van der Waals surface area contributed by atoms with Crippen molar-refractivity contribution in [2.24, 2.45) is 0 Å². The standard InChI is InChI=1S/C13H15N3O2/c1-7-4-5-10(6-11(7)17)13(18)14-12-8(2)15-16-9(12)3/h4-6,17H,1-3H3,(H,14,18)(H,15,16). The zero-order chi connectivity index (χ0) is 13.3. The molecule has 5 heteroatoms. The van der Waals surface area contributed by atoms with E-state index in [0.29, 0.717) is 11.3 Å². The lowest BCUT2D eigenvalue weighted by Gasteiger charge is -2.06. The maximum Gasteiger partial charge on any atom is 0.255 e. The van der Waals surface area contributed by atoms with Gasteiger partial charge in [-0.15, -0.1) is 0 Å². The van der Waals surface area contributed by atoms with Crippen molar-refractivity contribution >= 4 is 11.6 Å². The summed E-state index contributed by atoms with van der Waals surface area (Å²) >= 11 is 0. The van der Waals surface area contributed by atoms with E-state index in [1.54, 1.807) is 19.1 Å². The van der Waals surface area contributed by atoms with Gasteiger partial charge in [0.1, 0.15) is 5.75 Å². The number of carbonyl (C=O) groups is 1. The minimum absolute atomic E-state index is 0.114. The fraction of sp³-hybridized carbons (Fsp3) is 0.231. The number of carbonyl (C=O) groups excluding carboxylic acids is 1. The minimum atomic E-state index is -0.266. The van der Waals surface area contributed by atoms with Gasteiger partial charge in [-0.25, -0.2) is 0 Å². The highest BCUT2D eigenvalue weighted by Gasteiger charge is 2.12. The number of aromatic amines is 1. The van der Waals surface area contributed by atoms with Gasteiger partial charge >= 0.3 is 0 Å². The number of aryl methyl sites for hydroxylation is 3. The number of aromatic nitrogens is 2. The van der Waals surface area contributed by atoms with Crippen LogP contribution in [0.5, 0.6) is 5.75 Å². The van der Waals surface area contributed by atoms with Gasteiger partial charge in [0.2, 0.25) is 0 Å². The number of aromatic hydroxyl groups is 1. The predicted octanol–water partition coefficient (Wildman–Crippen LogP) is 2.29. The summed E-state index contributed by atoms with van der Waals surface area (Å²) in [6, 6.07) is 4.84. The smallest absolute Gasteiger partial charge is 0.255 e. The van der Waals surface area contributed by atoms with Crippen molar-refractivity contribution in [2.45, 2.75) is 20.8 Å².